The van der Waals surface area contributed by atoms with Gasteiger partial charge in [0.25, 0.3) is 0 Å². The maximum absolute atomic E-state index is 5.57. The molecule has 0 radical (unpaired) electrons. The molecule has 21 heavy (non-hydrogen) atoms. The van der Waals surface area contributed by atoms with Crippen LogP contribution in [0.2, 0.25) is 0 Å². The molecule has 2 heterocycles. The van der Waals surface area contributed by atoms with Crippen molar-refractivity contribution in [2.45, 2.75) is 46.5 Å². The Kier molecular flexibility index (Phi) is 5.20. The highest BCUT2D eigenvalue weighted by atomic mass is 16.5. The first-order valence-electron chi connectivity index (χ1n) is 7.85. The van der Waals surface area contributed by atoms with E-state index in [-0.39, 0.29) is 0 Å². The normalized spacial score (nSPS) is 18.2. The zero-order valence-electron chi connectivity index (χ0n) is 13.6. The third-order valence-corrected chi connectivity index (χ3v) is 3.88. The Balaban J connectivity index is 2.17. The SMILES string of the molecule is CCCOc1nc(NC)nc(N2CCCC(C)(C)CC2)n1. The smallest absolute Gasteiger partial charge is 0.323 e. The minimum Gasteiger partial charge on any atom is -0.463 e. The number of hydrogen-bond acceptors (Lipinski definition) is 6. The van der Waals surface area contributed by atoms with Crippen molar-refractivity contribution in [2.75, 3.05) is 37.0 Å². The van der Waals surface area contributed by atoms with E-state index in [0.717, 1.165) is 31.9 Å². The highest BCUT2D eigenvalue weighted by Gasteiger charge is 2.24. The summed E-state index contributed by atoms with van der Waals surface area (Å²) < 4.78 is 5.57. The average molecular weight is 293 g/mol. The molecule has 2 rings (SSSR count). The Labute approximate surface area is 127 Å². The Bertz CT molecular complexity index is 463. The molecule has 1 saturated heterocycles. The molecule has 0 bridgehead atoms. The van der Waals surface area contributed by atoms with Gasteiger partial charge in [-0.25, -0.2) is 0 Å². The second-order valence-corrected chi connectivity index (χ2v) is 6.34. The number of anilines is 2. The molecule has 0 atom stereocenters. The maximum atomic E-state index is 5.57. The summed E-state index contributed by atoms with van der Waals surface area (Å²) in [6.45, 7) is 9.33. The zero-order valence-corrected chi connectivity index (χ0v) is 13.6. The van der Waals surface area contributed by atoms with Crippen LogP contribution in [0.15, 0.2) is 0 Å². The summed E-state index contributed by atoms with van der Waals surface area (Å²) in [5.74, 6) is 1.28. The predicted octanol–water partition coefficient (Wildman–Crippen LogP) is 2.72. The van der Waals surface area contributed by atoms with Crippen molar-refractivity contribution in [1.29, 1.82) is 0 Å². The Hall–Kier alpha value is -1.59. The summed E-state index contributed by atoms with van der Waals surface area (Å²) in [5.41, 5.74) is 0.398. The van der Waals surface area contributed by atoms with Crippen LogP contribution in [0, 0.1) is 5.41 Å². The molecule has 1 aromatic heterocycles. The molecule has 0 aliphatic carbocycles. The molecule has 0 unspecified atom stereocenters. The molecule has 0 aromatic carbocycles. The van der Waals surface area contributed by atoms with Gasteiger partial charge in [-0.2, -0.15) is 15.0 Å². The van der Waals surface area contributed by atoms with E-state index < -0.39 is 0 Å². The van der Waals surface area contributed by atoms with Crippen LogP contribution in [-0.4, -0.2) is 41.7 Å². The fourth-order valence-electron chi connectivity index (χ4n) is 2.48. The van der Waals surface area contributed by atoms with E-state index in [0.29, 0.717) is 24.0 Å². The highest BCUT2D eigenvalue weighted by molar-refractivity contribution is 5.38. The van der Waals surface area contributed by atoms with Crippen molar-refractivity contribution < 1.29 is 4.74 Å². The van der Waals surface area contributed by atoms with Crippen LogP contribution < -0.4 is 15.0 Å². The first kappa shape index (κ1) is 15.8. The van der Waals surface area contributed by atoms with Crippen molar-refractivity contribution >= 4 is 11.9 Å². The summed E-state index contributed by atoms with van der Waals surface area (Å²) in [7, 11) is 1.81. The fourth-order valence-corrected chi connectivity index (χ4v) is 2.48. The van der Waals surface area contributed by atoms with Crippen LogP contribution in [0.25, 0.3) is 0 Å². The Morgan fingerprint density at radius 3 is 2.71 bits per heavy atom. The fraction of sp³-hybridized carbons (Fsp3) is 0.800. The largest absolute Gasteiger partial charge is 0.463 e. The second kappa shape index (κ2) is 6.91. The average Bonchev–Trinajstić information content (AvgIpc) is 2.65. The van der Waals surface area contributed by atoms with E-state index in [4.69, 9.17) is 4.74 Å². The van der Waals surface area contributed by atoms with Crippen LogP contribution >= 0.6 is 0 Å². The van der Waals surface area contributed by atoms with Gasteiger partial charge >= 0.3 is 6.01 Å². The van der Waals surface area contributed by atoms with Crippen LogP contribution in [-0.2, 0) is 0 Å². The predicted molar refractivity (Wildman–Crippen MR) is 85.0 cm³/mol. The molecule has 118 valence electrons. The molecular weight excluding hydrogens is 266 g/mol. The van der Waals surface area contributed by atoms with Gasteiger partial charge in [-0.15, -0.1) is 0 Å². The van der Waals surface area contributed by atoms with Gasteiger partial charge in [0.05, 0.1) is 6.61 Å². The molecule has 1 fully saturated rings. The number of rotatable bonds is 5. The van der Waals surface area contributed by atoms with E-state index >= 15 is 0 Å². The second-order valence-electron chi connectivity index (χ2n) is 6.34. The molecule has 1 aliphatic heterocycles. The molecular formula is C15H27N5O. The van der Waals surface area contributed by atoms with E-state index in [1.807, 2.05) is 7.05 Å². The van der Waals surface area contributed by atoms with Gasteiger partial charge in [0.15, 0.2) is 0 Å². The van der Waals surface area contributed by atoms with Gasteiger partial charge in [0.1, 0.15) is 0 Å². The standard InChI is InChI=1S/C15H27N5O/c1-5-11-21-14-18-12(16-4)17-13(19-14)20-9-6-7-15(2,3)8-10-20/h5-11H2,1-4H3,(H,16,17,18,19). The molecule has 1 aliphatic rings. The van der Waals surface area contributed by atoms with Gasteiger partial charge in [-0.05, 0) is 31.1 Å². The summed E-state index contributed by atoms with van der Waals surface area (Å²) in [6, 6.07) is 0.412. The summed E-state index contributed by atoms with van der Waals surface area (Å²) in [4.78, 5) is 15.5. The summed E-state index contributed by atoms with van der Waals surface area (Å²) >= 11 is 0. The summed E-state index contributed by atoms with van der Waals surface area (Å²) in [6.07, 6.45) is 4.50. The van der Waals surface area contributed by atoms with Crippen molar-refractivity contribution in [2.24, 2.45) is 5.41 Å². The monoisotopic (exact) mass is 293 g/mol. The molecule has 6 nitrogen and oxygen atoms in total. The Morgan fingerprint density at radius 1 is 1.19 bits per heavy atom. The van der Waals surface area contributed by atoms with Crippen molar-refractivity contribution in [3.05, 3.63) is 0 Å². The highest BCUT2D eigenvalue weighted by Crippen LogP contribution is 2.31. The summed E-state index contributed by atoms with van der Waals surface area (Å²) in [5, 5.41) is 2.99. The van der Waals surface area contributed by atoms with Gasteiger partial charge in [0, 0.05) is 20.1 Å². The van der Waals surface area contributed by atoms with E-state index in [9.17, 15) is 0 Å². The van der Waals surface area contributed by atoms with E-state index in [1.165, 1.54) is 12.8 Å². The lowest BCUT2D eigenvalue weighted by Crippen LogP contribution is -2.27. The Morgan fingerprint density at radius 2 is 2.00 bits per heavy atom. The van der Waals surface area contributed by atoms with Crippen LogP contribution in [0.5, 0.6) is 6.01 Å². The van der Waals surface area contributed by atoms with Gasteiger partial charge in [0.2, 0.25) is 11.9 Å². The molecule has 6 heteroatoms. The topological polar surface area (TPSA) is 63.2 Å². The molecule has 1 aromatic rings. The lowest BCUT2D eigenvalue weighted by molar-refractivity contribution is 0.291. The number of hydrogen-bond donors (Lipinski definition) is 1. The van der Waals surface area contributed by atoms with Crippen LogP contribution in [0.1, 0.15) is 46.5 Å². The molecule has 0 saturated carbocycles. The first-order valence-corrected chi connectivity index (χ1v) is 7.85. The van der Waals surface area contributed by atoms with Gasteiger partial charge < -0.3 is 15.0 Å². The first-order chi connectivity index (χ1) is 10.0. The van der Waals surface area contributed by atoms with Crippen molar-refractivity contribution in [3.8, 4) is 6.01 Å². The zero-order chi connectivity index (χ0) is 15.3. The lowest BCUT2D eigenvalue weighted by atomic mass is 9.85. The van der Waals surface area contributed by atoms with Gasteiger partial charge in [-0.3, -0.25) is 0 Å². The third-order valence-electron chi connectivity index (χ3n) is 3.88. The third kappa shape index (κ3) is 4.44. The van der Waals surface area contributed by atoms with Crippen LogP contribution in [0.4, 0.5) is 11.9 Å². The van der Waals surface area contributed by atoms with E-state index in [1.54, 1.807) is 0 Å². The number of ether oxygens (including phenoxy) is 1. The minimum absolute atomic E-state index is 0.398. The molecule has 0 spiro atoms. The quantitative estimate of drug-likeness (QED) is 0.900. The van der Waals surface area contributed by atoms with Crippen molar-refractivity contribution in [3.63, 3.8) is 0 Å². The number of nitrogens with one attached hydrogen (secondary N) is 1. The molecule has 1 N–H and O–H groups in total. The number of aromatic nitrogens is 3. The van der Waals surface area contributed by atoms with Crippen LogP contribution in [0.3, 0.4) is 0 Å². The maximum Gasteiger partial charge on any atom is 0.323 e. The van der Waals surface area contributed by atoms with Gasteiger partial charge in [-0.1, -0.05) is 20.8 Å². The number of nitrogens with zero attached hydrogens (tertiary/aromatic N) is 4. The minimum atomic E-state index is 0.398. The lowest BCUT2D eigenvalue weighted by Gasteiger charge is -2.23. The van der Waals surface area contributed by atoms with E-state index in [2.05, 4.69) is 45.9 Å². The molecule has 0 amide bonds. The van der Waals surface area contributed by atoms with Crippen molar-refractivity contribution in [1.82, 2.24) is 15.0 Å².